The number of aromatic nitrogens is 3. The standard InChI is InChI=1S/C8H10N4O/c1-3-5-11(2)8(13)7-12-6-4-9-10-12/h1,4,6H,5,7H2,2H3. The average Bonchev–Trinajstić information content (AvgIpc) is 2.57. The van der Waals surface area contributed by atoms with Gasteiger partial charge in [0.15, 0.2) is 0 Å². The maximum atomic E-state index is 11.3. The molecule has 1 aromatic heterocycles. The summed E-state index contributed by atoms with van der Waals surface area (Å²) in [6.45, 7) is 0.492. The predicted molar refractivity (Wildman–Crippen MR) is 46.5 cm³/mol. The number of nitrogens with zero attached hydrogens (tertiary/aromatic N) is 4. The Labute approximate surface area is 76.3 Å². The van der Waals surface area contributed by atoms with E-state index in [2.05, 4.69) is 16.2 Å². The van der Waals surface area contributed by atoms with Gasteiger partial charge in [-0.25, -0.2) is 4.68 Å². The van der Waals surface area contributed by atoms with Crippen LogP contribution in [0.2, 0.25) is 0 Å². The van der Waals surface area contributed by atoms with Gasteiger partial charge in [-0.05, 0) is 0 Å². The van der Waals surface area contributed by atoms with Crippen LogP contribution in [0.4, 0.5) is 0 Å². The van der Waals surface area contributed by atoms with Crippen molar-refractivity contribution >= 4 is 5.91 Å². The summed E-state index contributed by atoms with van der Waals surface area (Å²) in [5.74, 6) is 2.31. The van der Waals surface area contributed by atoms with Gasteiger partial charge in [-0.2, -0.15) is 0 Å². The number of carbonyl (C=O) groups excluding carboxylic acids is 1. The molecule has 0 saturated carbocycles. The van der Waals surface area contributed by atoms with Crippen molar-refractivity contribution in [1.82, 2.24) is 19.9 Å². The molecule has 0 spiro atoms. The van der Waals surface area contributed by atoms with E-state index in [1.165, 1.54) is 15.8 Å². The van der Waals surface area contributed by atoms with Crippen LogP contribution in [0.3, 0.4) is 0 Å². The van der Waals surface area contributed by atoms with Gasteiger partial charge in [-0.1, -0.05) is 11.1 Å². The van der Waals surface area contributed by atoms with E-state index >= 15 is 0 Å². The van der Waals surface area contributed by atoms with E-state index in [1.54, 1.807) is 13.2 Å². The fourth-order valence-corrected chi connectivity index (χ4v) is 0.801. The van der Waals surface area contributed by atoms with Crippen LogP contribution in [0, 0.1) is 12.3 Å². The minimum Gasteiger partial charge on any atom is -0.333 e. The van der Waals surface area contributed by atoms with Crippen molar-refractivity contribution in [3.63, 3.8) is 0 Å². The molecule has 1 amide bonds. The molecule has 5 nitrogen and oxygen atoms in total. The molecule has 0 aromatic carbocycles. The van der Waals surface area contributed by atoms with E-state index < -0.39 is 0 Å². The van der Waals surface area contributed by atoms with Crippen molar-refractivity contribution in [2.75, 3.05) is 13.6 Å². The summed E-state index contributed by atoms with van der Waals surface area (Å²) in [7, 11) is 1.65. The van der Waals surface area contributed by atoms with Gasteiger partial charge >= 0.3 is 0 Å². The summed E-state index contributed by atoms with van der Waals surface area (Å²) in [5, 5.41) is 7.25. The van der Waals surface area contributed by atoms with E-state index in [9.17, 15) is 4.79 Å². The Morgan fingerprint density at radius 1 is 1.77 bits per heavy atom. The molecule has 0 unspecified atom stereocenters. The summed E-state index contributed by atoms with van der Waals surface area (Å²) in [6, 6.07) is 0. The van der Waals surface area contributed by atoms with Crippen molar-refractivity contribution in [2.24, 2.45) is 0 Å². The Hall–Kier alpha value is -1.83. The number of rotatable bonds is 3. The van der Waals surface area contributed by atoms with Gasteiger partial charge in [0.05, 0.1) is 12.7 Å². The largest absolute Gasteiger partial charge is 0.333 e. The van der Waals surface area contributed by atoms with Crippen LogP contribution in [0.1, 0.15) is 0 Å². The van der Waals surface area contributed by atoms with Crippen LogP contribution in [0.15, 0.2) is 12.4 Å². The molecule has 1 aromatic rings. The van der Waals surface area contributed by atoms with E-state index in [-0.39, 0.29) is 12.5 Å². The maximum Gasteiger partial charge on any atom is 0.244 e. The van der Waals surface area contributed by atoms with E-state index in [0.717, 1.165) is 0 Å². The second-order valence-corrected chi connectivity index (χ2v) is 2.55. The monoisotopic (exact) mass is 178 g/mol. The average molecular weight is 178 g/mol. The highest BCUT2D eigenvalue weighted by Gasteiger charge is 2.07. The number of hydrogen-bond acceptors (Lipinski definition) is 3. The van der Waals surface area contributed by atoms with E-state index in [4.69, 9.17) is 6.42 Å². The molecule has 0 fully saturated rings. The van der Waals surface area contributed by atoms with E-state index in [1.807, 2.05) is 0 Å². The first-order valence-corrected chi connectivity index (χ1v) is 3.75. The molecule has 13 heavy (non-hydrogen) atoms. The second kappa shape index (κ2) is 4.26. The third kappa shape index (κ3) is 2.60. The lowest BCUT2D eigenvalue weighted by atomic mass is 10.5. The third-order valence-electron chi connectivity index (χ3n) is 1.52. The highest BCUT2D eigenvalue weighted by molar-refractivity contribution is 5.75. The minimum atomic E-state index is -0.0801. The number of terminal acetylenes is 1. The van der Waals surface area contributed by atoms with Crippen LogP contribution in [-0.2, 0) is 11.3 Å². The van der Waals surface area contributed by atoms with Crippen molar-refractivity contribution < 1.29 is 4.79 Å². The van der Waals surface area contributed by atoms with Gasteiger partial charge in [-0.3, -0.25) is 4.79 Å². The smallest absolute Gasteiger partial charge is 0.244 e. The fourth-order valence-electron chi connectivity index (χ4n) is 0.801. The van der Waals surface area contributed by atoms with Gasteiger partial charge in [0.1, 0.15) is 6.54 Å². The number of hydrogen-bond donors (Lipinski definition) is 0. The molecule has 0 bridgehead atoms. The predicted octanol–water partition coefficient (Wildman–Crippen LogP) is -0.630. The van der Waals surface area contributed by atoms with Crippen molar-refractivity contribution in [1.29, 1.82) is 0 Å². The number of amides is 1. The summed E-state index contributed by atoms with van der Waals surface area (Å²) in [5.41, 5.74) is 0. The molecule has 68 valence electrons. The Kier molecular flexibility index (Phi) is 3.03. The van der Waals surface area contributed by atoms with Crippen LogP contribution in [0.25, 0.3) is 0 Å². The first-order chi connectivity index (χ1) is 6.24. The van der Waals surface area contributed by atoms with E-state index in [0.29, 0.717) is 6.54 Å². The van der Waals surface area contributed by atoms with Gasteiger partial charge in [0, 0.05) is 13.2 Å². The number of carbonyl (C=O) groups is 1. The molecule has 0 aliphatic carbocycles. The quantitative estimate of drug-likeness (QED) is 0.579. The maximum absolute atomic E-state index is 11.3. The highest BCUT2D eigenvalue weighted by atomic mass is 16.2. The molecule has 0 radical (unpaired) electrons. The zero-order valence-electron chi connectivity index (χ0n) is 7.34. The molecular formula is C8H10N4O. The molecule has 5 heteroatoms. The molecular weight excluding hydrogens is 168 g/mol. The fraction of sp³-hybridized carbons (Fsp3) is 0.375. The third-order valence-corrected chi connectivity index (χ3v) is 1.52. The van der Waals surface area contributed by atoms with Crippen molar-refractivity contribution in [2.45, 2.75) is 6.54 Å². The van der Waals surface area contributed by atoms with Crippen LogP contribution in [0.5, 0.6) is 0 Å². The summed E-state index contributed by atoms with van der Waals surface area (Å²) in [6.07, 6.45) is 8.21. The lowest BCUT2D eigenvalue weighted by molar-refractivity contribution is -0.130. The summed E-state index contributed by atoms with van der Waals surface area (Å²) in [4.78, 5) is 12.8. The number of likely N-dealkylation sites (N-methyl/N-ethyl adjacent to an activating group) is 1. The molecule has 0 aliphatic heterocycles. The Morgan fingerprint density at radius 2 is 2.54 bits per heavy atom. The SMILES string of the molecule is C#CCN(C)C(=O)Cn1ccnn1. The van der Waals surface area contributed by atoms with Gasteiger partial charge < -0.3 is 4.90 Å². The summed E-state index contributed by atoms with van der Waals surface area (Å²) < 4.78 is 1.45. The first kappa shape index (κ1) is 9.26. The molecule has 0 aliphatic rings. The second-order valence-electron chi connectivity index (χ2n) is 2.55. The van der Waals surface area contributed by atoms with Crippen molar-refractivity contribution in [3.8, 4) is 12.3 Å². The Morgan fingerprint density at radius 3 is 3.08 bits per heavy atom. The van der Waals surface area contributed by atoms with Crippen LogP contribution >= 0.6 is 0 Å². The zero-order chi connectivity index (χ0) is 9.68. The van der Waals surface area contributed by atoms with Gasteiger partial charge in [0.2, 0.25) is 5.91 Å². The normalized spacial score (nSPS) is 9.23. The molecule has 1 rings (SSSR count). The summed E-state index contributed by atoms with van der Waals surface area (Å²) >= 11 is 0. The van der Waals surface area contributed by atoms with Crippen molar-refractivity contribution in [3.05, 3.63) is 12.4 Å². The molecule has 0 N–H and O–H groups in total. The topological polar surface area (TPSA) is 51.0 Å². The van der Waals surface area contributed by atoms with Crippen LogP contribution in [-0.4, -0.2) is 39.4 Å². The van der Waals surface area contributed by atoms with Crippen LogP contribution < -0.4 is 0 Å². The first-order valence-electron chi connectivity index (χ1n) is 3.75. The van der Waals surface area contributed by atoms with Gasteiger partial charge in [-0.15, -0.1) is 11.5 Å². The lowest BCUT2D eigenvalue weighted by Gasteiger charge is -2.12. The Balaban J connectivity index is 2.47. The molecule has 1 heterocycles. The highest BCUT2D eigenvalue weighted by Crippen LogP contribution is 1.88. The molecule has 0 saturated heterocycles. The zero-order valence-corrected chi connectivity index (χ0v) is 7.34. The Bertz CT molecular complexity index is 311. The lowest BCUT2D eigenvalue weighted by Crippen LogP contribution is -2.30. The van der Waals surface area contributed by atoms with Gasteiger partial charge in [0.25, 0.3) is 0 Å². The molecule has 0 atom stereocenters. The minimum absolute atomic E-state index is 0.0801.